The molecule has 11 heteroatoms. The first-order valence-electron chi connectivity index (χ1n) is 8.04. The van der Waals surface area contributed by atoms with Crippen molar-refractivity contribution in [3.8, 4) is 0 Å². The van der Waals surface area contributed by atoms with Crippen LogP contribution in [0.1, 0.15) is 23.2 Å². The Morgan fingerprint density at radius 2 is 2.00 bits per heavy atom. The highest BCUT2D eigenvalue weighted by atomic mass is 32.2. The van der Waals surface area contributed by atoms with Gasteiger partial charge in [0.25, 0.3) is 5.91 Å². The van der Waals surface area contributed by atoms with Gasteiger partial charge in [0.15, 0.2) is 0 Å². The molecule has 1 aromatic heterocycles. The van der Waals surface area contributed by atoms with Crippen molar-refractivity contribution in [3.05, 3.63) is 30.1 Å². The first-order valence-corrected chi connectivity index (χ1v) is 9.48. The van der Waals surface area contributed by atoms with Crippen LogP contribution in [0.3, 0.4) is 0 Å². The van der Waals surface area contributed by atoms with E-state index < -0.39 is 21.1 Å². The minimum Gasteiger partial charge on any atom is -0.372 e. The number of carbonyl (C=O) groups excluding carboxylic acids is 1. The summed E-state index contributed by atoms with van der Waals surface area (Å²) in [6, 6.07) is 3.14. The number of amides is 1. The molecule has 0 aliphatic carbocycles. The van der Waals surface area contributed by atoms with Gasteiger partial charge in [-0.05, 0) is 30.9 Å². The predicted octanol–water partition coefficient (Wildman–Crippen LogP) is 1.14. The Morgan fingerprint density at radius 1 is 1.35 bits per heavy atom. The van der Waals surface area contributed by atoms with Crippen molar-refractivity contribution in [2.75, 3.05) is 26.2 Å². The second-order valence-corrected chi connectivity index (χ2v) is 8.33. The first-order chi connectivity index (χ1) is 12.2. The summed E-state index contributed by atoms with van der Waals surface area (Å²) in [5, 5.41) is 2.74. The monoisotopic (exact) mass is 393 g/mol. The minimum atomic E-state index is -5.32. The van der Waals surface area contributed by atoms with Gasteiger partial charge in [-0.15, -0.1) is 0 Å². The Morgan fingerprint density at radius 3 is 2.62 bits per heavy atom. The van der Waals surface area contributed by atoms with Crippen LogP contribution < -0.4 is 5.32 Å². The van der Waals surface area contributed by atoms with Crippen molar-refractivity contribution < 1.29 is 31.1 Å². The van der Waals surface area contributed by atoms with Crippen LogP contribution in [0.25, 0.3) is 0 Å². The van der Waals surface area contributed by atoms with Crippen LogP contribution in [0.4, 0.5) is 13.2 Å². The third kappa shape index (κ3) is 3.42. The van der Waals surface area contributed by atoms with Gasteiger partial charge in [0.1, 0.15) is 0 Å². The van der Waals surface area contributed by atoms with Crippen LogP contribution in [0.5, 0.6) is 0 Å². The number of carbonyl (C=O) groups is 1. The summed E-state index contributed by atoms with van der Waals surface area (Å²) in [5.74, 6) is -0.379. The molecule has 144 valence electrons. The van der Waals surface area contributed by atoms with Crippen molar-refractivity contribution in [2.24, 2.45) is 5.92 Å². The molecule has 7 nitrogen and oxygen atoms in total. The van der Waals surface area contributed by atoms with E-state index in [9.17, 15) is 26.4 Å². The maximum Gasteiger partial charge on any atom is 0.511 e. The number of halogens is 3. The first kappa shape index (κ1) is 19.1. The van der Waals surface area contributed by atoms with Crippen LogP contribution in [0, 0.1) is 5.92 Å². The largest absolute Gasteiger partial charge is 0.511 e. The van der Waals surface area contributed by atoms with E-state index in [2.05, 4.69) is 10.3 Å². The van der Waals surface area contributed by atoms with Crippen LogP contribution in [-0.2, 0) is 14.8 Å². The van der Waals surface area contributed by atoms with Crippen molar-refractivity contribution in [1.29, 1.82) is 0 Å². The van der Waals surface area contributed by atoms with Crippen molar-refractivity contribution in [1.82, 2.24) is 14.6 Å². The zero-order valence-electron chi connectivity index (χ0n) is 13.7. The minimum absolute atomic E-state index is 0.111. The molecule has 3 rings (SSSR count). The van der Waals surface area contributed by atoms with E-state index in [1.807, 2.05) is 0 Å². The molecule has 1 amide bonds. The van der Waals surface area contributed by atoms with Gasteiger partial charge in [-0.25, -0.2) is 8.42 Å². The molecule has 2 fully saturated rings. The van der Waals surface area contributed by atoms with Gasteiger partial charge in [-0.2, -0.15) is 17.5 Å². The van der Waals surface area contributed by atoms with E-state index in [1.165, 1.54) is 12.4 Å². The maximum atomic E-state index is 12.6. The number of rotatable bonds is 5. The quantitative estimate of drug-likeness (QED) is 0.811. The number of aromatic nitrogens is 1. The lowest BCUT2D eigenvalue weighted by molar-refractivity contribution is -0.113. The number of nitrogens with one attached hydrogen (secondary N) is 1. The van der Waals surface area contributed by atoms with Gasteiger partial charge in [-0.1, -0.05) is 0 Å². The summed E-state index contributed by atoms with van der Waals surface area (Å²) in [4.78, 5) is 15.8. The zero-order valence-corrected chi connectivity index (χ0v) is 14.5. The summed E-state index contributed by atoms with van der Waals surface area (Å²) in [7, 11) is -5.32. The molecule has 26 heavy (non-hydrogen) atoms. The van der Waals surface area contributed by atoms with Gasteiger partial charge in [-0.3, -0.25) is 9.78 Å². The Balaban J connectivity index is 1.53. The molecule has 0 saturated carbocycles. The predicted molar refractivity (Wildman–Crippen MR) is 84.5 cm³/mol. The Bertz CT molecular complexity index is 764. The number of alkyl halides is 3. The number of pyridine rings is 1. The molecular formula is C15H18F3N3O4S. The molecule has 1 N–H and O–H groups in total. The molecule has 2 aliphatic rings. The molecule has 0 aromatic carbocycles. The van der Waals surface area contributed by atoms with Crippen molar-refractivity contribution in [3.63, 3.8) is 0 Å². The van der Waals surface area contributed by atoms with E-state index in [0.717, 1.165) is 0 Å². The summed E-state index contributed by atoms with van der Waals surface area (Å²) >= 11 is 0. The van der Waals surface area contributed by atoms with E-state index in [1.54, 1.807) is 12.1 Å². The molecule has 1 aromatic rings. The van der Waals surface area contributed by atoms with Crippen molar-refractivity contribution >= 4 is 15.9 Å². The summed E-state index contributed by atoms with van der Waals surface area (Å²) in [6.07, 6.45) is 4.11. The lowest BCUT2D eigenvalue weighted by Gasteiger charge is -2.49. The molecule has 1 spiro atoms. The molecule has 1 atom stereocenters. The Kier molecular flexibility index (Phi) is 4.97. The van der Waals surface area contributed by atoms with Crippen LogP contribution >= 0.6 is 0 Å². The van der Waals surface area contributed by atoms with Crippen LogP contribution in [0.15, 0.2) is 24.5 Å². The highest BCUT2D eigenvalue weighted by molar-refractivity contribution is 7.90. The molecule has 2 aliphatic heterocycles. The van der Waals surface area contributed by atoms with Crippen LogP contribution in [-0.4, -0.2) is 61.0 Å². The molecule has 1 unspecified atom stereocenters. The second kappa shape index (κ2) is 6.78. The number of hydrogen-bond acceptors (Lipinski definition) is 5. The van der Waals surface area contributed by atoms with Gasteiger partial charge >= 0.3 is 15.5 Å². The Labute approximate surface area is 148 Å². The van der Waals surface area contributed by atoms with E-state index in [0.29, 0.717) is 35.9 Å². The molecule has 2 saturated heterocycles. The number of ether oxygens (including phenoxy) is 1. The summed E-state index contributed by atoms with van der Waals surface area (Å²) < 4.78 is 66.7. The normalized spacial score (nSPS) is 23.0. The lowest BCUT2D eigenvalue weighted by atomic mass is 9.80. The maximum absolute atomic E-state index is 12.6. The highest BCUT2D eigenvalue weighted by Crippen LogP contribution is 2.44. The average Bonchev–Trinajstić information content (AvgIpc) is 2.97. The standard InChI is InChI=1S/C15H18F3N3O4S/c16-15(17,18)26(23,24)21-9-14(10-21)12(4-8-25-14)3-7-20-13(22)11-1-5-19-6-2-11/h1-2,5-6,12H,3-4,7-10H2,(H,20,22). The fourth-order valence-corrected chi connectivity index (χ4v) is 4.44. The number of hydrogen-bond donors (Lipinski definition) is 1. The Hall–Kier alpha value is -1.72. The molecule has 0 bridgehead atoms. The second-order valence-electron chi connectivity index (χ2n) is 6.40. The van der Waals surface area contributed by atoms with Gasteiger partial charge in [0.05, 0.1) is 5.60 Å². The third-order valence-corrected chi connectivity index (χ3v) is 6.36. The molecule has 3 heterocycles. The van der Waals surface area contributed by atoms with Gasteiger partial charge in [0.2, 0.25) is 0 Å². The van der Waals surface area contributed by atoms with E-state index in [-0.39, 0.29) is 24.9 Å². The van der Waals surface area contributed by atoms with Crippen molar-refractivity contribution in [2.45, 2.75) is 24.0 Å². The fourth-order valence-electron chi connectivity index (χ4n) is 3.37. The number of nitrogens with zero attached hydrogens (tertiary/aromatic N) is 2. The highest BCUT2D eigenvalue weighted by Gasteiger charge is 2.61. The van der Waals surface area contributed by atoms with Crippen LogP contribution in [0.2, 0.25) is 0 Å². The third-order valence-electron chi connectivity index (χ3n) is 4.84. The van der Waals surface area contributed by atoms with Gasteiger partial charge in [0, 0.05) is 44.2 Å². The lowest BCUT2D eigenvalue weighted by Crippen LogP contribution is -2.67. The SMILES string of the molecule is O=C(NCCC1CCOC12CN(S(=O)(=O)C(F)(F)F)C2)c1ccncc1. The summed E-state index contributed by atoms with van der Waals surface area (Å²) in [5.41, 5.74) is -5.73. The smallest absolute Gasteiger partial charge is 0.372 e. The van der Waals surface area contributed by atoms with E-state index in [4.69, 9.17) is 4.74 Å². The number of sulfonamides is 1. The zero-order chi connectivity index (χ0) is 19.0. The summed E-state index contributed by atoms with van der Waals surface area (Å²) in [6.45, 7) is 0.0709. The topological polar surface area (TPSA) is 88.6 Å². The molecule has 0 radical (unpaired) electrons. The molecular weight excluding hydrogens is 375 g/mol. The fraction of sp³-hybridized carbons (Fsp3) is 0.600. The average molecular weight is 393 g/mol. The van der Waals surface area contributed by atoms with E-state index >= 15 is 0 Å². The van der Waals surface area contributed by atoms with Gasteiger partial charge < -0.3 is 10.1 Å².